The summed E-state index contributed by atoms with van der Waals surface area (Å²) in [6.07, 6.45) is 0.871. The zero-order valence-corrected chi connectivity index (χ0v) is 14.4. The van der Waals surface area contributed by atoms with E-state index in [0.717, 1.165) is 6.26 Å². The molecule has 0 N–H and O–H groups in total. The Balaban J connectivity index is 2.53. The summed E-state index contributed by atoms with van der Waals surface area (Å²) in [5, 5.41) is 0.498. The van der Waals surface area contributed by atoms with E-state index in [0.29, 0.717) is 5.02 Å². The molecule has 9 heteroatoms. The smallest absolute Gasteiger partial charge is 0.348 e. The summed E-state index contributed by atoms with van der Waals surface area (Å²) in [5.74, 6) is -2.04. The zero-order chi connectivity index (χ0) is 16.8. The first-order valence-electron chi connectivity index (χ1n) is 6.19. The van der Waals surface area contributed by atoms with Gasteiger partial charge in [-0.1, -0.05) is 29.3 Å². The van der Waals surface area contributed by atoms with Gasteiger partial charge in [0, 0.05) is 29.5 Å². The third-order valence-corrected chi connectivity index (χ3v) is 4.02. The summed E-state index contributed by atoms with van der Waals surface area (Å²) in [6, 6.07) is 4.40. The van der Waals surface area contributed by atoms with Gasteiger partial charge in [-0.25, -0.2) is 4.79 Å². The summed E-state index contributed by atoms with van der Waals surface area (Å²) in [7, 11) is -3.80. The summed E-state index contributed by atoms with van der Waals surface area (Å²) >= 11 is 12.0. The van der Waals surface area contributed by atoms with Crippen molar-refractivity contribution in [2.24, 2.45) is 0 Å². The SMILES string of the molecule is CC1(C)OC(=O)C(COS(C)(=O)=O)(c2ccc(Cl)cc2Cl)O1. The zero-order valence-electron chi connectivity index (χ0n) is 12.1. The lowest BCUT2D eigenvalue weighted by Crippen LogP contribution is -2.40. The van der Waals surface area contributed by atoms with Gasteiger partial charge in [0.1, 0.15) is 6.61 Å². The van der Waals surface area contributed by atoms with Gasteiger partial charge in [-0.2, -0.15) is 8.42 Å². The summed E-state index contributed by atoms with van der Waals surface area (Å²) in [5.41, 5.74) is -1.56. The van der Waals surface area contributed by atoms with E-state index in [1.165, 1.54) is 32.0 Å². The van der Waals surface area contributed by atoms with Crippen molar-refractivity contribution in [3.05, 3.63) is 33.8 Å². The van der Waals surface area contributed by atoms with Gasteiger partial charge >= 0.3 is 5.97 Å². The van der Waals surface area contributed by atoms with Gasteiger partial charge in [0.15, 0.2) is 0 Å². The highest BCUT2D eigenvalue weighted by Gasteiger charge is 2.57. The Morgan fingerprint density at radius 3 is 2.36 bits per heavy atom. The molecule has 1 aliphatic heterocycles. The minimum absolute atomic E-state index is 0.138. The number of carbonyl (C=O) groups excluding carboxylic acids is 1. The van der Waals surface area contributed by atoms with Gasteiger partial charge in [0.2, 0.25) is 11.4 Å². The molecule has 122 valence electrons. The van der Waals surface area contributed by atoms with Crippen LogP contribution in [0.15, 0.2) is 18.2 Å². The first-order chi connectivity index (χ1) is 9.95. The molecule has 22 heavy (non-hydrogen) atoms. The molecule has 1 fully saturated rings. The van der Waals surface area contributed by atoms with Crippen LogP contribution >= 0.6 is 23.2 Å². The molecule has 1 aromatic carbocycles. The van der Waals surface area contributed by atoms with Crippen molar-refractivity contribution in [2.75, 3.05) is 12.9 Å². The summed E-state index contributed by atoms with van der Waals surface area (Å²) < 4.78 is 38.1. The van der Waals surface area contributed by atoms with Gasteiger partial charge in [-0.15, -0.1) is 0 Å². The lowest BCUT2D eigenvalue weighted by Gasteiger charge is -2.26. The van der Waals surface area contributed by atoms with E-state index < -0.39 is 34.1 Å². The van der Waals surface area contributed by atoms with Crippen LogP contribution in [0.3, 0.4) is 0 Å². The van der Waals surface area contributed by atoms with Gasteiger partial charge in [-0.05, 0) is 12.1 Å². The van der Waals surface area contributed by atoms with Crippen molar-refractivity contribution in [3.8, 4) is 0 Å². The second-order valence-electron chi connectivity index (χ2n) is 5.31. The second-order valence-corrected chi connectivity index (χ2v) is 7.80. The molecule has 1 saturated heterocycles. The van der Waals surface area contributed by atoms with Crippen molar-refractivity contribution >= 4 is 39.3 Å². The van der Waals surface area contributed by atoms with Crippen LogP contribution in [0.2, 0.25) is 10.0 Å². The maximum absolute atomic E-state index is 12.4. The van der Waals surface area contributed by atoms with Crippen LogP contribution in [0.1, 0.15) is 19.4 Å². The molecule has 0 aliphatic carbocycles. The topological polar surface area (TPSA) is 78.9 Å². The minimum Gasteiger partial charge on any atom is -0.431 e. The van der Waals surface area contributed by atoms with E-state index >= 15 is 0 Å². The first kappa shape index (κ1) is 17.5. The fraction of sp³-hybridized carbons (Fsp3) is 0.462. The normalized spacial score (nSPS) is 24.3. The van der Waals surface area contributed by atoms with E-state index in [1.807, 2.05) is 0 Å². The van der Waals surface area contributed by atoms with Crippen LogP contribution in [0.25, 0.3) is 0 Å². The highest BCUT2D eigenvalue weighted by Crippen LogP contribution is 2.43. The number of rotatable bonds is 4. The van der Waals surface area contributed by atoms with Crippen LogP contribution in [0.5, 0.6) is 0 Å². The molecule has 0 amide bonds. The largest absolute Gasteiger partial charge is 0.431 e. The number of hydrogen-bond donors (Lipinski definition) is 0. The highest BCUT2D eigenvalue weighted by atomic mass is 35.5. The Morgan fingerprint density at radius 2 is 1.91 bits per heavy atom. The van der Waals surface area contributed by atoms with Crippen molar-refractivity contribution in [2.45, 2.75) is 25.2 Å². The molecule has 1 atom stereocenters. The number of halogens is 2. The predicted molar refractivity (Wildman–Crippen MR) is 80.2 cm³/mol. The van der Waals surface area contributed by atoms with E-state index in [1.54, 1.807) is 0 Å². The fourth-order valence-electron chi connectivity index (χ4n) is 2.13. The van der Waals surface area contributed by atoms with Gasteiger partial charge in [-0.3, -0.25) is 4.18 Å². The van der Waals surface area contributed by atoms with Crippen molar-refractivity contribution in [1.82, 2.24) is 0 Å². The van der Waals surface area contributed by atoms with Crippen LogP contribution in [0, 0.1) is 0 Å². The van der Waals surface area contributed by atoms with Gasteiger partial charge in [0.05, 0.1) is 6.26 Å². The standard InChI is InChI=1S/C13H14Cl2O6S/c1-12(2)20-11(16)13(21-12,7-19-22(3,17)18)9-5-4-8(14)6-10(9)15/h4-6H,7H2,1-3H3. The summed E-state index contributed by atoms with van der Waals surface area (Å²) in [4.78, 5) is 12.4. The molecular formula is C13H14Cl2O6S. The van der Waals surface area contributed by atoms with Crippen LogP contribution in [-0.2, 0) is 34.2 Å². The first-order valence-corrected chi connectivity index (χ1v) is 8.76. The number of cyclic esters (lactones) is 1. The van der Waals surface area contributed by atoms with Crippen LogP contribution < -0.4 is 0 Å². The van der Waals surface area contributed by atoms with Crippen LogP contribution in [0.4, 0.5) is 0 Å². The molecule has 0 radical (unpaired) electrons. The van der Waals surface area contributed by atoms with E-state index in [2.05, 4.69) is 0 Å². The number of ether oxygens (including phenoxy) is 2. The van der Waals surface area contributed by atoms with Crippen molar-refractivity contribution < 1.29 is 26.9 Å². The number of carbonyl (C=O) groups is 1. The average Bonchev–Trinajstić information content (AvgIpc) is 2.56. The maximum atomic E-state index is 12.4. The number of benzene rings is 1. The molecule has 1 aliphatic rings. The Bertz CT molecular complexity index is 715. The monoisotopic (exact) mass is 368 g/mol. The Kier molecular flexibility index (Phi) is 4.49. The maximum Gasteiger partial charge on any atom is 0.348 e. The third-order valence-electron chi connectivity index (χ3n) is 2.93. The Labute approximate surface area is 138 Å². The second kappa shape index (κ2) is 5.65. The molecule has 0 saturated carbocycles. The van der Waals surface area contributed by atoms with E-state index in [9.17, 15) is 13.2 Å². The van der Waals surface area contributed by atoms with Crippen molar-refractivity contribution in [1.29, 1.82) is 0 Å². The predicted octanol–water partition coefficient (Wildman–Crippen LogP) is 2.47. The molecule has 1 heterocycles. The molecular weight excluding hydrogens is 355 g/mol. The quantitative estimate of drug-likeness (QED) is 0.599. The third kappa shape index (κ3) is 3.55. The molecule has 1 unspecified atom stereocenters. The Morgan fingerprint density at radius 1 is 1.27 bits per heavy atom. The summed E-state index contributed by atoms with van der Waals surface area (Å²) in [6.45, 7) is 2.46. The van der Waals surface area contributed by atoms with E-state index in [4.69, 9.17) is 36.9 Å². The minimum atomic E-state index is -3.80. The lowest BCUT2D eigenvalue weighted by atomic mass is 9.94. The highest BCUT2D eigenvalue weighted by molar-refractivity contribution is 7.85. The molecule has 2 rings (SSSR count). The van der Waals surface area contributed by atoms with Gasteiger partial charge < -0.3 is 9.47 Å². The molecule has 0 aromatic heterocycles. The molecule has 0 spiro atoms. The number of esters is 1. The van der Waals surface area contributed by atoms with Crippen LogP contribution in [-0.4, -0.2) is 33.0 Å². The lowest BCUT2D eigenvalue weighted by molar-refractivity contribution is -0.171. The van der Waals surface area contributed by atoms with Gasteiger partial charge in [0.25, 0.3) is 10.1 Å². The molecule has 6 nitrogen and oxygen atoms in total. The Hall–Kier alpha value is -0.860. The van der Waals surface area contributed by atoms with E-state index in [-0.39, 0.29) is 10.6 Å². The molecule has 0 bridgehead atoms. The fourth-order valence-corrected chi connectivity index (χ4v) is 3.07. The van der Waals surface area contributed by atoms with Crippen molar-refractivity contribution in [3.63, 3.8) is 0 Å². The average molecular weight is 369 g/mol. The number of hydrogen-bond acceptors (Lipinski definition) is 6. The molecule has 1 aromatic rings.